The third-order valence-electron chi connectivity index (χ3n) is 7.37. The number of fused-ring (bicyclic) bond motifs is 1. The Balaban J connectivity index is 1.67. The summed E-state index contributed by atoms with van der Waals surface area (Å²) in [6, 6.07) is 12.9. The van der Waals surface area contributed by atoms with Gasteiger partial charge in [0.2, 0.25) is 11.8 Å². The maximum absolute atomic E-state index is 13.5. The van der Waals surface area contributed by atoms with Gasteiger partial charge in [-0.05, 0) is 88.5 Å². The first-order valence-corrected chi connectivity index (χ1v) is 15.2. The van der Waals surface area contributed by atoms with Crippen LogP contribution in [0, 0.1) is 12.8 Å². The number of amides is 2. The lowest BCUT2D eigenvalue weighted by atomic mass is 10.0. The van der Waals surface area contributed by atoms with Crippen molar-refractivity contribution in [1.82, 2.24) is 20.9 Å². The van der Waals surface area contributed by atoms with E-state index >= 15 is 0 Å². The highest BCUT2D eigenvalue weighted by atomic mass is 16.6. The van der Waals surface area contributed by atoms with E-state index in [0.29, 0.717) is 18.9 Å². The molecule has 0 fully saturated rings. The topological polar surface area (TPSA) is 122 Å². The first kappa shape index (κ1) is 33.6. The highest BCUT2D eigenvalue weighted by Crippen LogP contribution is 2.21. The number of para-hydroxylation sites is 1. The largest absolute Gasteiger partial charge is 0.494 e. The van der Waals surface area contributed by atoms with Crippen molar-refractivity contribution < 1.29 is 23.9 Å². The van der Waals surface area contributed by atoms with Crippen LogP contribution in [-0.4, -0.2) is 54.6 Å². The van der Waals surface area contributed by atoms with Crippen LogP contribution < -0.4 is 20.7 Å². The molecule has 3 aromatic rings. The van der Waals surface area contributed by atoms with Gasteiger partial charge in [0.25, 0.3) is 0 Å². The van der Waals surface area contributed by atoms with Crippen LogP contribution in [0.1, 0.15) is 70.1 Å². The van der Waals surface area contributed by atoms with Gasteiger partial charge in [0.15, 0.2) is 0 Å². The minimum Gasteiger partial charge on any atom is -0.494 e. The Morgan fingerprint density at radius 1 is 1.02 bits per heavy atom. The molecule has 0 radical (unpaired) electrons. The molecule has 0 saturated carbocycles. The predicted octanol–water partition coefficient (Wildman–Crippen LogP) is 4.96. The van der Waals surface area contributed by atoms with E-state index in [-0.39, 0.29) is 31.2 Å². The second-order valence-corrected chi connectivity index (χ2v) is 12.0. The van der Waals surface area contributed by atoms with Crippen LogP contribution in [0.15, 0.2) is 48.7 Å². The molecule has 0 aliphatic rings. The van der Waals surface area contributed by atoms with Crippen molar-refractivity contribution in [3.05, 3.63) is 65.4 Å². The highest BCUT2D eigenvalue weighted by molar-refractivity contribution is 5.90. The molecule has 0 aliphatic heterocycles. The molecule has 234 valence electrons. The van der Waals surface area contributed by atoms with Gasteiger partial charge < -0.3 is 30.4 Å². The number of benzene rings is 2. The molecule has 0 aliphatic carbocycles. The summed E-state index contributed by atoms with van der Waals surface area (Å²) in [6.07, 6.45) is 4.07. The first-order valence-electron chi connectivity index (χ1n) is 15.2. The van der Waals surface area contributed by atoms with E-state index in [1.165, 1.54) is 0 Å². The van der Waals surface area contributed by atoms with Crippen LogP contribution in [0.5, 0.6) is 5.75 Å². The van der Waals surface area contributed by atoms with E-state index in [4.69, 9.17) is 9.47 Å². The number of hydrogen-bond donors (Lipinski definition) is 4. The van der Waals surface area contributed by atoms with Gasteiger partial charge in [-0.25, -0.2) is 0 Å². The zero-order valence-corrected chi connectivity index (χ0v) is 26.5. The highest BCUT2D eigenvalue weighted by Gasteiger charge is 2.24. The van der Waals surface area contributed by atoms with Crippen molar-refractivity contribution in [1.29, 1.82) is 0 Å². The number of H-pyrrole nitrogens is 1. The van der Waals surface area contributed by atoms with E-state index in [1.54, 1.807) is 20.8 Å². The molecule has 0 saturated heterocycles. The number of carbonyl (C=O) groups excluding carboxylic acids is 3. The van der Waals surface area contributed by atoms with Crippen molar-refractivity contribution in [2.24, 2.45) is 5.92 Å². The number of ether oxygens (including phenoxy) is 2. The van der Waals surface area contributed by atoms with Gasteiger partial charge in [-0.1, -0.05) is 37.6 Å². The molecule has 3 rings (SSSR count). The van der Waals surface area contributed by atoms with Crippen LogP contribution in [0.2, 0.25) is 0 Å². The molecule has 1 aromatic heterocycles. The molecule has 2 amide bonds. The number of hydrogen-bond acceptors (Lipinski definition) is 6. The van der Waals surface area contributed by atoms with Crippen LogP contribution in [0.25, 0.3) is 10.9 Å². The van der Waals surface area contributed by atoms with E-state index in [2.05, 4.69) is 27.9 Å². The minimum atomic E-state index is -0.830. The van der Waals surface area contributed by atoms with Crippen LogP contribution >= 0.6 is 0 Å². The fourth-order valence-corrected chi connectivity index (χ4v) is 4.92. The SMILES string of the molecule is CCC(CCOc1ccc(C)c(CNC(=O)C(Cc2c[nH]c3ccccc23)NC(=O)CCC(=O)OC(C)(C)C)c1)CNC. The number of aromatic amines is 1. The summed E-state index contributed by atoms with van der Waals surface area (Å²) >= 11 is 0. The van der Waals surface area contributed by atoms with Crippen molar-refractivity contribution in [2.75, 3.05) is 20.2 Å². The van der Waals surface area contributed by atoms with Gasteiger partial charge in [0, 0.05) is 36.5 Å². The summed E-state index contributed by atoms with van der Waals surface area (Å²) in [4.78, 5) is 41.8. The zero-order valence-electron chi connectivity index (χ0n) is 26.5. The zero-order chi connectivity index (χ0) is 31.4. The molecule has 2 unspecified atom stereocenters. The Bertz CT molecular complexity index is 1360. The lowest BCUT2D eigenvalue weighted by Gasteiger charge is -2.21. The van der Waals surface area contributed by atoms with Gasteiger partial charge in [-0.2, -0.15) is 0 Å². The third-order valence-corrected chi connectivity index (χ3v) is 7.37. The number of esters is 1. The first-order chi connectivity index (χ1) is 20.5. The van der Waals surface area contributed by atoms with Gasteiger partial charge in [0.1, 0.15) is 17.4 Å². The summed E-state index contributed by atoms with van der Waals surface area (Å²) in [6.45, 7) is 11.4. The fourth-order valence-electron chi connectivity index (χ4n) is 4.92. The molecule has 9 nitrogen and oxygen atoms in total. The fraction of sp³-hybridized carbons (Fsp3) is 0.500. The Labute approximate surface area is 255 Å². The molecular weight excluding hydrogens is 544 g/mol. The minimum absolute atomic E-state index is 0.0650. The Kier molecular flexibility index (Phi) is 12.6. The second-order valence-electron chi connectivity index (χ2n) is 12.0. The molecular formula is C34H48N4O5. The standard InChI is InChI=1S/C34H48N4O5/c1-7-24(20-35-6)16-17-42-27-13-12-23(2)25(18-27)21-37-33(41)30(19-26-22-36-29-11-9-8-10-28(26)29)38-31(39)14-15-32(40)43-34(3,4)5/h8-13,18,22,24,30,35-36H,7,14-17,19-21H2,1-6H3,(H,37,41)(H,38,39). The molecule has 4 N–H and O–H groups in total. The van der Waals surface area contributed by atoms with Crippen LogP contribution in [0.4, 0.5) is 0 Å². The molecule has 2 atom stereocenters. The Hall–Kier alpha value is -3.85. The summed E-state index contributed by atoms with van der Waals surface area (Å²) < 4.78 is 11.4. The van der Waals surface area contributed by atoms with Gasteiger partial charge >= 0.3 is 5.97 Å². The maximum Gasteiger partial charge on any atom is 0.306 e. The van der Waals surface area contributed by atoms with Crippen molar-refractivity contribution in [3.8, 4) is 5.75 Å². The van der Waals surface area contributed by atoms with Crippen molar-refractivity contribution in [3.63, 3.8) is 0 Å². The van der Waals surface area contributed by atoms with E-state index in [0.717, 1.165) is 52.7 Å². The molecule has 0 spiro atoms. The van der Waals surface area contributed by atoms with Gasteiger partial charge in [0.05, 0.1) is 13.0 Å². The average Bonchev–Trinajstić information content (AvgIpc) is 3.37. The normalized spacial score (nSPS) is 12.9. The number of carbonyl (C=O) groups is 3. The lowest BCUT2D eigenvalue weighted by Crippen LogP contribution is -2.48. The molecule has 9 heteroatoms. The van der Waals surface area contributed by atoms with Gasteiger partial charge in [-0.3, -0.25) is 14.4 Å². The molecule has 43 heavy (non-hydrogen) atoms. The van der Waals surface area contributed by atoms with Crippen LogP contribution in [0.3, 0.4) is 0 Å². The van der Waals surface area contributed by atoms with Gasteiger partial charge in [-0.15, -0.1) is 0 Å². The van der Waals surface area contributed by atoms with Crippen molar-refractivity contribution >= 4 is 28.7 Å². The summed E-state index contributed by atoms with van der Waals surface area (Å²) in [5.74, 6) is 0.174. The predicted molar refractivity (Wildman–Crippen MR) is 170 cm³/mol. The van der Waals surface area contributed by atoms with E-state index in [9.17, 15) is 14.4 Å². The third kappa shape index (κ3) is 11.1. The molecule has 1 heterocycles. The summed E-state index contributed by atoms with van der Waals surface area (Å²) in [5, 5.41) is 10.1. The molecule has 0 bridgehead atoms. The smallest absolute Gasteiger partial charge is 0.306 e. The maximum atomic E-state index is 13.5. The number of nitrogens with one attached hydrogen (secondary N) is 4. The Morgan fingerprint density at radius 2 is 1.79 bits per heavy atom. The Morgan fingerprint density at radius 3 is 2.51 bits per heavy atom. The quantitative estimate of drug-likeness (QED) is 0.175. The van der Waals surface area contributed by atoms with E-state index < -0.39 is 17.6 Å². The number of rotatable bonds is 16. The summed E-state index contributed by atoms with van der Waals surface area (Å²) in [7, 11) is 1.96. The lowest BCUT2D eigenvalue weighted by molar-refractivity contribution is -0.155. The molecule has 2 aromatic carbocycles. The van der Waals surface area contributed by atoms with Crippen LogP contribution in [-0.2, 0) is 32.1 Å². The monoisotopic (exact) mass is 592 g/mol. The average molecular weight is 593 g/mol. The second kappa shape index (κ2) is 16.1. The number of aromatic nitrogens is 1. The van der Waals surface area contributed by atoms with E-state index in [1.807, 2.05) is 62.6 Å². The summed E-state index contributed by atoms with van der Waals surface area (Å²) in [5.41, 5.74) is 3.21. The van der Waals surface area contributed by atoms with Crippen molar-refractivity contribution in [2.45, 2.75) is 84.9 Å². The number of aryl methyl sites for hydroxylation is 1.